The minimum Gasteiger partial charge on any atom is -0.507 e. The molecule has 0 atom stereocenters. The SMILES string of the molecule is CC.CC.O=Cc1cc(Cc2ccc(O)c(C=O)c2)ccc1O. The van der Waals surface area contributed by atoms with Gasteiger partial charge in [-0.15, -0.1) is 0 Å². The zero-order valence-corrected chi connectivity index (χ0v) is 14.0. The van der Waals surface area contributed by atoms with Crippen LogP contribution in [0, 0.1) is 0 Å². The zero-order valence-electron chi connectivity index (χ0n) is 14.0. The first-order valence-electron chi connectivity index (χ1n) is 7.68. The second kappa shape index (κ2) is 11.0. The van der Waals surface area contributed by atoms with Crippen LogP contribution in [0.15, 0.2) is 36.4 Å². The summed E-state index contributed by atoms with van der Waals surface area (Å²) in [7, 11) is 0. The first-order valence-corrected chi connectivity index (χ1v) is 7.68. The molecule has 0 saturated carbocycles. The van der Waals surface area contributed by atoms with Gasteiger partial charge in [0.15, 0.2) is 12.6 Å². The highest BCUT2D eigenvalue weighted by molar-refractivity contribution is 5.80. The molecule has 2 rings (SSSR count). The number of carbonyl (C=O) groups is 2. The minimum atomic E-state index is -0.0574. The molecule has 0 unspecified atom stereocenters. The molecule has 2 aromatic carbocycles. The zero-order chi connectivity index (χ0) is 17.8. The Hall–Kier alpha value is -2.62. The van der Waals surface area contributed by atoms with Crippen LogP contribution >= 0.6 is 0 Å². The summed E-state index contributed by atoms with van der Waals surface area (Å²) in [6.07, 6.45) is 1.68. The highest BCUT2D eigenvalue weighted by atomic mass is 16.3. The molecule has 0 radical (unpaired) electrons. The largest absolute Gasteiger partial charge is 0.507 e. The Morgan fingerprint density at radius 3 is 1.39 bits per heavy atom. The summed E-state index contributed by atoms with van der Waals surface area (Å²) in [5.74, 6) is -0.115. The maximum atomic E-state index is 10.7. The molecule has 4 heteroatoms. The van der Waals surface area contributed by atoms with Crippen molar-refractivity contribution in [3.63, 3.8) is 0 Å². The Morgan fingerprint density at radius 1 is 0.739 bits per heavy atom. The van der Waals surface area contributed by atoms with E-state index >= 15 is 0 Å². The van der Waals surface area contributed by atoms with Gasteiger partial charge in [-0.3, -0.25) is 9.59 Å². The second-order valence-corrected chi connectivity index (χ2v) is 4.20. The van der Waals surface area contributed by atoms with E-state index < -0.39 is 0 Å². The lowest BCUT2D eigenvalue weighted by Crippen LogP contribution is -1.92. The van der Waals surface area contributed by atoms with Crippen molar-refractivity contribution in [3.8, 4) is 11.5 Å². The quantitative estimate of drug-likeness (QED) is 0.822. The van der Waals surface area contributed by atoms with Gasteiger partial charge in [0.05, 0.1) is 11.1 Å². The van der Waals surface area contributed by atoms with Crippen LogP contribution in [-0.2, 0) is 6.42 Å². The first kappa shape index (κ1) is 20.4. The van der Waals surface area contributed by atoms with Crippen LogP contribution < -0.4 is 0 Å². The molecule has 23 heavy (non-hydrogen) atoms. The van der Waals surface area contributed by atoms with E-state index in [1.54, 1.807) is 24.3 Å². The lowest BCUT2D eigenvalue weighted by atomic mass is 10.0. The summed E-state index contributed by atoms with van der Waals surface area (Å²) < 4.78 is 0. The van der Waals surface area contributed by atoms with E-state index in [1.165, 1.54) is 12.1 Å². The van der Waals surface area contributed by atoms with Gasteiger partial charge in [0.2, 0.25) is 0 Å². The summed E-state index contributed by atoms with van der Waals surface area (Å²) in [5.41, 5.74) is 2.13. The smallest absolute Gasteiger partial charge is 0.153 e. The molecule has 0 aliphatic heterocycles. The molecule has 124 valence electrons. The van der Waals surface area contributed by atoms with E-state index in [0.29, 0.717) is 19.0 Å². The monoisotopic (exact) mass is 316 g/mol. The lowest BCUT2D eigenvalue weighted by molar-refractivity contribution is 0.111. The molecule has 0 spiro atoms. The number of phenolic OH excluding ortho intramolecular Hbond substituents is 2. The summed E-state index contributed by atoms with van der Waals surface area (Å²) in [6.45, 7) is 8.00. The molecule has 0 amide bonds. The van der Waals surface area contributed by atoms with Gasteiger partial charge in [0, 0.05) is 0 Å². The van der Waals surface area contributed by atoms with Crippen molar-refractivity contribution in [2.45, 2.75) is 34.1 Å². The first-order chi connectivity index (χ1) is 11.1. The molecule has 0 aliphatic rings. The van der Waals surface area contributed by atoms with E-state index in [1.807, 2.05) is 27.7 Å². The van der Waals surface area contributed by atoms with Gasteiger partial charge in [0.1, 0.15) is 11.5 Å². The maximum absolute atomic E-state index is 10.7. The lowest BCUT2D eigenvalue weighted by Gasteiger charge is -2.06. The molecule has 4 nitrogen and oxygen atoms in total. The Kier molecular flexibility index (Phi) is 9.76. The minimum absolute atomic E-state index is 0.0574. The Balaban J connectivity index is 0.00000112. The molecule has 0 heterocycles. The van der Waals surface area contributed by atoms with Crippen LogP contribution in [0.5, 0.6) is 11.5 Å². The number of benzene rings is 2. The number of hydrogen-bond donors (Lipinski definition) is 2. The fourth-order valence-electron chi connectivity index (χ4n) is 1.85. The van der Waals surface area contributed by atoms with Crippen molar-refractivity contribution in [1.82, 2.24) is 0 Å². The van der Waals surface area contributed by atoms with Crippen LogP contribution in [0.1, 0.15) is 59.5 Å². The third-order valence-corrected chi connectivity index (χ3v) is 2.85. The third-order valence-electron chi connectivity index (χ3n) is 2.85. The molecule has 2 N–H and O–H groups in total. The van der Waals surface area contributed by atoms with Gasteiger partial charge in [-0.2, -0.15) is 0 Å². The van der Waals surface area contributed by atoms with Crippen molar-refractivity contribution in [2.24, 2.45) is 0 Å². The number of aldehydes is 2. The van der Waals surface area contributed by atoms with Crippen LogP contribution in [0.3, 0.4) is 0 Å². The molecule has 0 aromatic heterocycles. The van der Waals surface area contributed by atoms with Gasteiger partial charge in [-0.1, -0.05) is 39.8 Å². The fourth-order valence-corrected chi connectivity index (χ4v) is 1.85. The van der Waals surface area contributed by atoms with Crippen molar-refractivity contribution in [2.75, 3.05) is 0 Å². The number of carbonyl (C=O) groups excluding carboxylic acids is 2. The molecule has 0 aliphatic carbocycles. The number of phenols is 2. The molecular weight excluding hydrogens is 292 g/mol. The summed E-state index contributed by atoms with van der Waals surface area (Å²) in [6, 6.07) is 9.51. The average molecular weight is 316 g/mol. The van der Waals surface area contributed by atoms with Gasteiger partial charge in [-0.25, -0.2) is 0 Å². The second-order valence-electron chi connectivity index (χ2n) is 4.20. The Bertz CT molecular complexity index is 578. The molecule has 0 fully saturated rings. The standard InChI is InChI=1S/C15H12O4.2C2H6/c16-8-12-6-10(1-3-14(12)18)5-11-2-4-15(19)13(7-11)9-17;2*1-2/h1-4,6-9,18-19H,5H2;2*1-2H3. The summed E-state index contributed by atoms with van der Waals surface area (Å²) in [5, 5.41) is 18.8. The van der Waals surface area contributed by atoms with Crippen molar-refractivity contribution >= 4 is 12.6 Å². The van der Waals surface area contributed by atoms with Crippen LogP contribution in [-0.4, -0.2) is 22.8 Å². The topological polar surface area (TPSA) is 74.6 Å². The fraction of sp³-hybridized carbons (Fsp3) is 0.263. The van der Waals surface area contributed by atoms with Crippen molar-refractivity contribution < 1.29 is 19.8 Å². The maximum Gasteiger partial charge on any atom is 0.153 e. The van der Waals surface area contributed by atoms with Crippen molar-refractivity contribution in [1.29, 1.82) is 0 Å². The van der Waals surface area contributed by atoms with Crippen molar-refractivity contribution in [3.05, 3.63) is 58.7 Å². The van der Waals surface area contributed by atoms with Crippen LogP contribution in [0.25, 0.3) is 0 Å². The van der Waals surface area contributed by atoms with E-state index in [-0.39, 0.29) is 22.6 Å². The van der Waals surface area contributed by atoms with Gasteiger partial charge < -0.3 is 10.2 Å². The van der Waals surface area contributed by atoms with E-state index in [4.69, 9.17) is 0 Å². The Morgan fingerprint density at radius 2 is 1.09 bits per heavy atom. The number of aromatic hydroxyl groups is 2. The van der Waals surface area contributed by atoms with Crippen LogP contribution in [0.4, 0.5) is 0 Å². The van der Waals surface area contributed by atoms with E-state index in [0.717, 1.165) is 11.1 Å². The van der Waals surface area contributed by atoms with Gasteiger partial charge in [-0.05, 0) is 41.8 Å². The van der Waals surface area contributed by atoms with E-state index in [2.05, 4.69) is 0 Å². The van der Waals surface area contributed by atoms with Gasteiger partial charge in [0.25, 0.3) is 0 Å². The summed E-state index contributed by atoms with van der Waals surface area (Å²) in [4.78, 5) is 21.5. The molecule has 2 aromatic rings. The van der Waals surface area contributed by atoms with Gasteiger partial charge >= 0.3 is 0 Å². The Labute approximate surface area is 137 Å². The van der Waals surface area contributed by atoms with E-state index in [9.17, 15) is 19.8 Å². The predicted octanol–water partition coefficient (Wildman–Crippen LogP) is 4.37. The number of rotatable bonds is 4. The van der Waals surface area contributed by atoms with Crippen LogP contribution in [0.2, 0.25) is 0 Å². The average Bonchev–Trinajstić information content (AvgIpc) is 2.61. The molecule has 0 bridgehead atoms. The predicted molar refractivity (Wildman–Crippen MR) is 92.5 cm³/mol. The third kappa shape index (κ3) is 5.94. The normalized spacial score (nSPS) is 8.87. The summed E-state index contributed by atoms with van der Waals surface area (Å²) >= 11 is 0. The highest BCUT2D eigenvalue weighted by Crippen LogP contribution is 2.21. The number of hydrogen-bond acceptors (Lipinski definition) is 4. The highest BCUT2D eigenvalue weighted by Gasteiger charge is 2.05. The molecular formula is C19H24O4. The molecule has 0 saturated heterocycles.